The molecule has 28 heteroatoms. The molecule has 3 amide bonds. The fourth-order valence-electron chi connectivity index (χ4n) is 9.18. The number of halogens is 11. The second-order valence-corrected chi connectivity index (χ2v) is 23.7. The van der Waals surface area contributed by atoms with Gasteiger partial charge >= 0.3 is 18.4 Å². The third-order valence-electron chi connectivity index (χ3n) is 12.8. The molecule has 73 heavy (non-hydrogen) atoms. The molecule has 0 spiro atoms. The molecule has 3 aromatic heterocycles. The van der Waals surface area contributed by atoms with Crippen molar-refractivity contribution < 1.29 is 70.3 Å². The van der Waals surface area contributed by atoms with Gasteiger partial charge in [0.15, 0.2) is 21.3 Å². The number of rotatable bonds is 12. The summed E-state index contributed by atoms with van der Waals surface area (Å²) in [6.07, 6.45) is -8.93. The smallest absolute Gasteiger partial charge is 0.346 e. The van der Waals surface area contributed by atoms with Crippen molar-refractivity contribution >= 4 is 72.7 Å². The van der Waals surface area contributed by atoms with E-state index in [0.717, 1.165) is 30.5 Å². The number of likely N-dealkylation sites (tertiary alicyclic amines) is 1. The van der Waals surface area contributed by atoms with E-state index in [0.29, 0.717) is 29.8 Å². The Labute approximate surface area is 420 Å². The van der Waals surface area contributed by atoms with Gasteiger partial charge < -0.3 is 10.2 Å². The van der Waals surface area contributed by atoms with Crippen LogP contribution in [0.5, 0.6) is 0 Å². The molecule has 4 heterocycles. The first-order chi connectivity index (χ1) is 33.7. The first-order valence-corrected chi connectivity index (χ1v) is 26.7. The van der Waals surface area contributed by atoms with Crippen molar-refractivity contribution in [1.82, 2.24) is 34.8 Å². The number of alkyl halides is 8. The summed E-state index contributed by atoms with van der Waals surface area (Å²) >= 11 is 11.0. The number of thiol groups is 1. The van der Waals surface area contributed by atoms with Gasteiger partial charge in [0, 0.05) is 53.3 Å². The Morgan fingerprint density at radius 1 is 0.973 bits per heavy atom. The van der Waals surface area contributed by atoms with Crippen LogP contribution >= 0.6 is 24.2 Å². The molecule has 2 fully saturated rings. The molecule has 1 unspecified atom stereocenters. The quantitative estimate of drug-likeness (QED) is 0.0706. The molecule has 4 atom stereocenters. The van der Waals surface area contributed by atoms with Crippen LogP contribution in [0.2, 0.25) is 5.02 Å². The van der Waals surface area contributed by atoms with Crippen molar-refractivity contribution in [2.75, 3.05) is 29.1 Å². The number of benzene rings is 2. The highest BCUT2D eigenvalue weighted by molar-refractivity contribution is 7.93. The van der Waals surface area contributed by atoms with E-state index < -0.39 is 154 Å². The Morgan fingerprint density at radius 3 is 2.23 bits per heavy atom. The van der Waals surface area contributed by atoms with Crippen LogP contribution in [-0.2, 0) is 56.3 Å². The molecule has 8 rings (SSSR count). The summed E-state index contributed by atoms with van der Waals surface area (Å²) in [6, 6.07) is 3.20. The zero-order valence-electron chi connectivity index (χ0n) is 38.5. The van der Waals surface area contributed by atoms with Crippen molar-refractivity contribution in [3.8, 4) is 23.0 Å². The molecule has 0 radical (unpaired) electrons. The highest BCUT2D eigenvalue weighted by atomic mass is 35.5. The van der Waals surface area contributed by atoms with E-state index in [2.05, 4.69) is 45.0 Å². The lowest BCUT2D eigenvalue weighted by Crippen LogP contribution is -2.48. The molecule has 2 aliphatic carbocycles. The monoisotopic (exact) mass is 1110 g/mol. The minimum atomic E-state index is -5.22. The van der Waals surface area contributed by atoms with Crippen molar-refractivity contribution in [1.29, 1.82) is 0 Å². The molecular weight excluding hydrogens is 1070 g/mol. The molecule has 1 saturated heterocycles. The SMILES string of the molecule is CC(C)(C#Cc1ccc(-c2ccc(Cl)c3c(N(C(=O)N4CCC[C@H]4CS)S(C)(=O)=O)nn(CC(F)(F)F)c23)c(C(Cc2cc(F)cc(F)c2)NC(=O)Cn2nc(C(F)(F)F)c3c2C(F)(F)[C@@H]2C[C@H]32)n1)S(C)(=O)=O. The third-order valence-corrected chi connectivity index (χ3v) is 16.5. The number of sulfonamides is 1. The van der Waals surface area contributed by atoms with Gasteiger partial charge in [0.2, 0.25) is 15.9 Å². The van der Waals surface area contributed by atoms with E-state index in [4.69, 9.17) is 11.6 Å². The van der Waals surface area contributed by atoms with Crippen molar-refractivity contribution in [2.24, 2.45) is 5.92 Å². The number of hydrogen-bond donors (Lipinski definition) is 2. The zero-order chi connectivity index (χ0) is 53.7. The standard InChI is InChI=1S/C45H41ClF10N8O6S3/c1-42(2,72(3,67)68)12-11-25-7-8-27(28-9-10-31(46)35-37(28)63(21-43(49,50)51)60-40(35)64(73(4,69)70)41(66)61-13-5-6-26(61)20-71)36(57-25)32(16-22-14-23(47)17-24(48)15-22)58-33(65)19-62-39-34(38(59-62)45(54,55)56)29-18-30(29)44(39,52)53/h7-10,14-15,17,26,29-30,32,71H,5-6,13,16,18-21H2,1-4H3,(H,58,65)/t26-,29-,30+,32?/m0/s1. The predicted molar refractivity (Wildman–Crippen MR) is 249 cm³/mol. The Balaban J connectivity index is 1.36. The fourth-order valence-corrected chi connectivity index (χ4v) is 10.9. The second kappa shape index (κ2) is 18.7. The van der Waals surface area contributed by atoms with E-state index >= 15 is 8.78 Å². The fraction of sp³-hybridized carbons (Fsp3) is 0.444. The number of amides is 3. The Bertz CT molecular complexity index is 3370. The Kier molecular flexibility index (Phi) is 13.7. The van der Waals surface area contributed by atoms with Crippen molar-refractivity contribution in [3.05, 3.63) is 93.0 Å². The van der Waals surface area contributed by atoms with Gasteiger partial charge in [0.05, 0.1) is 33.9 Å². The van der Waals surface area contributed by atoms with E-state index in [1.165, 1.54) is 30.9 Å². The van der Waals surface area contributed by atoms with Gasteiger partial charge in [-0.3, -0.25) is 14.2 Å². The number of carbonyl (C=O) groups is 2. The lowest BCUT2D eigenvalue weighted by Gasteiger charge is -2.29. The summed E-state index contributed by atoms with van der Waals surface area (Å²) in [5, 5.41) is 8.94. The van der Waals surface area contributed by atoms with Crippen LogP contribution in [0.25, 0.3) is 22.0 Å². The minimum Gasteiger partial charge on any atom is -0.346 e. The molecular formula is C45H41ClF10N8O6S3. The van der Waals surface area contributed by atoms with Gasteiger partial charge in [-0.2, -0.15) is 62.3 Å². The molecule has 0 bridgehead atoms. The molecule has 14 nitrogen and oxygen atoms in total. The number of nitrogens with one attached hydrogen (secondary N) is 1. The molecule has 2 aromatic carbocycles. The third kappa shape index (κ3) is 10.4. The molecule has 1 N–H and O–H groups in total. The van der Waals surface area contributed by atoms with E-state index in [1.54, 1.807) is 0 Å². The normalized spacial score (nSPS) is 19.1. The first kappa shape index (κ1) is 53.7. The number of hydrogen-bond acceptors (Lipinski definition) is 10. The molecule has 392 valence electrons. The van der Waals surface area contributed by atoms with Crippen molar-refractivity contribution in [3.63, 3.8) is 0 Å². The molecule has 1 aliphatic heterocycles. The first-order valence-electron chi connectivity index (χ1n) is 21.9. The highest BCUT2D eigenvalue weighted by Crippen LogP contribution is 2.68. The number of urea groups is 1. The predicted octanol–water partition coefficient (Wildman–Crippen LogP) is 8.57. The van der Waals surface area contributed by atoms with Gasteiger partial charge in [-0.05, 0) is 87.3 Å². The van der Waals surface area contributed by atoms with E-state index in [9.17, 15) is 61.5 Å². The van der Waals surface area contributed by atoms with Gasteiger partial charge in [0.25, 0.3) is 5.92 Å². The van der Waals surface area contributed by atoms with Crippen LogP contribution in [0.1, 0.15) is 79.0 Å². The summed E-state index contributed by atoms with van der Waals surface area (Å²) in [4.78, 5) is 34.2. The summed E-state index contributed by atoms with van der Waals surface area (Å²) in [5.74, 6) is -5.73. The Hall–Kier alpha value is -5.59. The Morgan fingerprint density at radius 2 is 1.63 bits per heavy atom. The topological polar surface area (TPSA) is 169 Å². The summed E-state index contributed by atoms with van der Waals surface area (Å²) in [6.45, 7) is -0.688. The van der Waals surface area contributed by atoms with E-state index in [1.807, 2.05) is 0 Å². The van der Waals surface area contributed by atoms with Crippen LogP contribution in [0.3, 0.4) is 0 Å². The molecule has 1 saturated carbocycles. The van der Waals surface area contributed by atoms with Crippen LogP contribution in [-0.4, -0.2) is 100.0 Å². The number of aromatic nitrogens is 5. The number of nitrogens with zero attached hydrogens (tertiary/aromatic N) is 7. The number of fused-ring (bicyclic) bond motifs is 4. The number of pyridine rings is 1. The highest BCUT2D eigenvalue weighted by Gasteiger charge is 2.68. The maximum absolute atomic E-state index is 15.6. The van der Waals surface area contributed by atoms with E-state index in [-0.39, 0.29) is 50.1 Å². The number of anilines is 1. The average Bonchev–Trinajstić information content (AvgIpc) is 3.47. The minimum absolute atomic E-state index is 0.0417. The number of carbonyl (C=O) groups excluding carboxylic acids is 2. The lowest BCUT2D eigenvalue weighted by molar-refractivity contribution is -0.143. The maximum atomic E-state index is 15.6. The van der Waals surface area contributed by atoms with Gasteiger partial charge in [-0.1, -0.05) is 23.6 Å². The zero-order valence-corrected chi connectivity index (χ0v) is 41.8. The average molecular weight is 1110 g/mol. The second-order valence-electron chi connectivity index (χ2n) is 18.5. The number of sulfone groups is 1. The molecule has 5 aromatic rings. The van der Waals surface area contributed by atoms with Crippen LogP contribution in [0.4, 0.5) is 54.5 Å². The maximum Gasteiger partial charge on any atom is 0.435 e. The summed E-state index contributed by atoms with van der Waals surface area (Å²) in [7, 11) is -8.65. The van der Waals surface area contributed by atoms with Crippen LogP contribution < -0.4 is 9.62 Å². The van der Waals surface area contributed by atoms with Crippen molar-refractivity contribution in [2.45, 2.75) is 93.6 Å². The van der Waals surface area contributed by atoms with Crippen LogP contribution in [0, 0.1) is 29.4 Å². The van der Waals surface area contributed by atoms with Gasteiger partial charge in [-0.25, -0.2) is 35.4 Å². The van der Waals surface area contributed by atoms with Gasteiger partial charge in [-0.15, -0.1) is 0 Å². The van der Waals surface area contributed by atoms with Gasteiger partial charge in [0.1, 0.15) is 40.9 Å². The lowest BCUT2D eigenvalue weighted by atomic mass is 9.93. The summed E-state index contributed by atoms with van der Waals surface area (Å²) < 4.78 is 199. The largest absolute Gasteiger partial charge is 0.435 e. The summed E-state index contributed by atoms with van der Waals surface area (Å²) in [5.41, 5.74) is -5.67. The van der Waals surface area contributed by atoms with Crippen LogP contribution in [0.15, 0.2) is 42.5 Å². The molecule has 3 aliphatic rings.